The standard InChI is InChI=1S/C15H15N7O2S/c1-9-18-13(10-3-6-22(8-10)25(23,24)7-4-16)12-11-2-5-17-14(11)20-21-15(12)19-9/h2,5,10H,3,6-8H2,1H3,(H,18,19,21). The lowest BCUT2D eigenvalue weighted by atomic mass is 10.00. The summed E-state index contributed by atoms with van der Waals surface area (Å²) >= 11 is 0. The minimum absolute atomic E-state index is 0.0278. The number of fused-ring (bicyclic) bond motifs is 3. The molecule has 1 atom stereocenters. The van der Waals surface area contributed by atoms with Gasteiger partial charge in [-0.05, 0) is 19.4 Å². The van der Waals surface area contributed by atoms with Gasteiger partial charge in [-0.1, -0.05) is 0 Å². The molecule has 0 radical (unpaired) electrons. The Bertz CT molecular complexity index is 1120. The normalized spacial score (nSPS) is 18.8. The van der Waals surface area contributed by atoms with Gasteiger partial charge in [0.2, 0.25) is 10.0 Å². The number of H-pyrrole nitrogens is 1. The molecule has 4 rings (SSSR count). The van der Waals surface area contributed by atoms with Gasteiger partial charge in [-0.3, -0.25) is 0 Å². The Labute approximate surface area is 143 Å². The molecule has 4 heterocycles. The molecule has 25 heavy (non-hydrogen) atoms. The second kappa shape index (κ2) is 5.72. The van der Waals surface area contributed by atoms with E-state index in [1.165, 1.54) is 4.31 Å². The van der Waals surface area contributed by atoms with Crippen LogP contribution in [0.4, 0.5) is 0 Å². The molecular weight excluding hydrogens is 342 g/mol. The summed E-state index contributed by atoms with van der Waals surface area (Å²) in [7, 11) is -3.54. The van der Waals surface area contributed by atoms with Crippen LogP contribution in [0.5, 0.6) is 0 Å². The molecular formula is C15H15N7O2S. The summed E-state index contributed by atoms with van der Waals surface area (Å²) < 4.78 is 25.7. The number of nitrogens with zero attached hydrogens (tertiary/aromatic N) is 6. The van der Waals surface area contributed by atoms with Crippen molar-refractivity contribution >= 4 is 32.1 Å². The largest absolute Gasteiger partial charge is 0.346 e. The number of sulfonamides is 1. The van der Waals surface area contributed by atoms with Crippen LogP contribution in [0.15, 0.2) is 12.3 Å². The molecule has 1 aliphatic rings. The molecule has 1 N–H and O–H groups in total. The summed E-state index contributed by atoms with van der Waals surface area (Å²) in [6, 6.07) is 3.59. The Morgan fingerprint density at radius 1 is 1.40 bits per heavy atom. The van der Waals surface area contributed by atoms with Gasteiger partial charge in [0.25, 0.3) is 0 Å². The number of aromatic nitrogens is 5. The molecule has 1 aliphatic heterocycles. The number of rotatable bonds is 3. The summed E-state index contributed by atoms with van der Waals surface area (Å²) in [6.07, 6.45) is 2.33. The van der Waals surface area contributed by atoms with E-state index in [4.69, 9.17) is 5.26 Å². The molecule has 1 saturated heterocycles. The fourth-order valence-electron chi connectivity index (χ4n) is 3.35. The topological polar surface area (TPSA) is 129 Å². The smallest absolute Gasteiger partial charge is 0.227 e. The van der Waals surface area contributed by atoms with Crippen molar-refractivity contribution in [3.63, 3.8) is 0 Å². The average Bonchev–Trinajstić information content (AvgIpc) is 3.23. The molecule has 3 aromatic heterocycles. The molecule has 1 fully saturated rings. The molecule has 3 aromatic rings. The first-order chi connectivity index (χ1) is 12.0. The zero-order valence-corrected chi connectivity index (χ0v) is 14.3. The second-order valence-electron chi connectivity index (χ2n) is 6.07. The SMILES string of the molecule is Cc1nc2nnc3nccc3c2c(C2CCN(S(=O)(=O)CC#N)C2)[nH]1. The highest BCUT2D eigenvalue weighted by Gasteiger charge is 2.33. The number of aromatic amines is 1. The molecule has 0 aromatic carbocycles. The van der Waals surface area contributed by atoms with Crippen LogP contribution in [0.1, 0.15) is 23.9 Å². The first-order valence-electron chi connectivity index (χ1n) is 7.82. The van der Waals surface area contributed by atoms with Gasteiger partial charge in [-0.25, -0.2) is 22.7 Å². The van der Waals surface area contributed by atoms with Crippen molar-refractivity contribution in [3.05, 3.63) is 23.8 Å². The third-order valence-electron chi connectivity index (χ3n) is 4.47. The first-order valence-corrected chi connectivity index (χ1v) is 9.43. The summed E-state index contributed by atoms with van der Waals surface area (Å²) in [5, 5.41) is 18.6. The van der Waals surface area contributed by atoms with Crippen LogP contribution in [0.2, 0.25) is 0 Å². The van der Waals surface area contributed by atoms with E-state index in [2.05, 4.69) is 25.1 Å². The maximum atomic E-state index is 12.2. The van der Waals surface area contributed by atoms with Gasteiger partial charge in [-0.15, -0.1) is 10.2 Å². The highest BCUT2D eigenvalue weighted by Crippen LogP contribution is 2.34. The van der Waals surface area contributed by atoms with Gasteiger partial charge in [0.15, 0.2) is 17.0 Å². The molecule has 0 spiro atoms. The highest BCUT2D eigenvalue weighted by atomic mass is 32.2. The number of nitriles is 1. The van der Waals surface area contributed by atoms with Gasteiger partial charge >= 0.3 is 0 Å². The van der Waals surface area contributed by atoms with Crippen molar-refractivity contribution in [1.29, 1.82) is 5.26 Å². The number of aryl methyl sites for hydroxylation is 1. The minimum atomic E-state index is -3.54. The molecule has 0 aliphatic carbocycles. The van der Waals surface area contributed by atoms with E-state index in [-0.39, 0.29) is 5.92 Å². The van der Waals surface area contributed by atoms with Crippen molar-refractivity contribution in [3.8, 4) is 6.07 Å². The number of hydrogen-bond acceptors (Lipinski definition) is 7. The first kappa shape index (κ1) is 15.9. The summed E-state index contributed by atoms with van der Waals surface area (Å²) in [6.45, 7) is 2.56. The molecule has 9 nitrogen and oxygen atoms in total. The van der Waals surface area contributed by atoms with E-state index in [0.29, 0.717) is 36.6 Å². The van der Waals surface area contributed by atoms with Crippen LogP contribution in [0, 0.1) is 18.3 Å². The van der Waals surface area contributed by atoms with Gasteiger partial charge in [0.1, 0.15) is 5.82 Å². The molecule has 128 valence electrons. The van der Waals surface area contributed by atoms with Crippen molar-refractivity contribution in [2.45, 2.75) is 19.3 Å². The summed E-state index contributed by atoms with van der Waals surface area (Å²) in [4.78, 5) is 11.9. The maximum absolute atomic E-state index is 12.2. The Morgan fingerprint density at radius 3 is 3.00 bits per heavy atom. The zero-order valence-electron chi connectivity index (χ0n) is 13.5. The molecule has 1 unspecified atom stereocenters. The van der Waals surface area contributed by atoms with Crippen LogP contribution < -0.4 is 0 Å². The van der Waals surface area contributed by atoms with Crippen molar-refractivity contribution in [2.24, 2.45) is 0 Å². The van der Waals surface area contributed by atoms with Crippen LogP contribution in [-0.2, 0) is 10.0 Å². The number of hydrogen-bond donors (Lipinski definition) is 1. The number of nitrogens with one attached hydrogen (secondary N) is 1. The van der Waals surface area contributed by atoms with Crippen molar-refractivity contribution in [2.75, 3.05) is 18.8 Å². The van der Waals surface area contributed by atoms with E-state index in [1.807, 2.05) is 13.0 Å². The Kier molecular flexibility index (Phi) is 3.63. The molecule has 10 heteroatoms. The fraction of sp³-hybridized carbons (Fsp3) is 0.400. The van der Waals surface area contributed by atoms with E-state index in [9.17, 15) is 8.42 Å². The summed E-state index contributed by atoms with van der Waals surface area (Å²) in [5.41, 5.74) is 1.95. The summed E-state index contributed by atoms with van der Waals surface area (Å²) in [5.74, 6) is 0.163. The average molecular weight is 357 g/mol. The van der Waals surface area contributed by atoms with Crippen LogP contribution in [0.25, 0.3) is 22.1 Å². The molecule has 0 bridgehead atoms. The van der Waals surface area contributed by atoms with Crippen LogP contribution in [-0.4, -0.2) is 56.7 Å². The predicted octanol–water partition coefficient (Wildman–Crippen LogP) is 0.852. The minimum Gasteiger partial charge on any atom is -0.346 e. The maximum Gasteiger partial charge on any atom is 0.227 e. The fourth-order valence-corrected chi connectivity index (χ4v) is 4.49. The van der Waals surface area contributed by atoms with E-state index >= 15 is 0 Å². The molecule has 0 amide bonds. The van der Waals surface area contributed by atoms with Crippen molar-refractivity contribution in [1.82, 2.24) is 29.5 Å². The predicted molar refractivity (Wildman–Crippen MR) is 90.1 cm³/mol. The van der Waals surface area contributed by atoms with E-state index in [0.717, 1.165) is 16.5 Å². The highest BCUT2D eigenvalue weighted by molar-refractivity contribution is 7.89. The lowest BCUT2D eigenvalue weighted by Crippen LogP contribution is -2.30. The Hall–Kier alpha value is -2.64. The molecule has 0 saturated carbocycles. The van der Waals surface area contributed by atoms with Gasteiger partial charge < -0.3 is 4.98 Å². The Balaban J connectivity index is 1.82. The van der Waals surface area contributed by atoms with Crippen LogP contribution >= 0.6 is 0 Å². The zero-order chi connectivity index (χ0) is 17.6. The van der Waals surface area contributed by atoms with Crippen LogP contribution in [0.3, 0.4) is 0 Å². The Morgan fingerprint density at radius 2 is 2.20 bits per heavy atom. The van der Waals surface area contributed by atoms with Gasteiger partial charge in [-0.2, -0.15) is 5.26 Å². The monoisotopic (exact) mass is 357 g/mol. The second-order valence-corrected chi connectivity index (χ2v) is 8.04. The van der Waals surface area contributed by atoms with E-state index in [1.54, 1.807) is 12.3 Å². The van der Waals surface area contributed by atoms with E-state index < -0.39 is 15.8 Å². The lowest BCUT2D eigenvalue weighted by molar-refractivity contribution is 0.475. The third-order valence-corrected chi connectivity index (χ3v) is 6.08. The quantitative estimate of drug-likeness (QED) is 0.735. The van der Waals surface area contributed by atoms with Crippen molar-refractivity contribution < 1.29 is 8.42 Å². The third kappa shape index (κ3) is 2.61. The van der Waals surface area contributed by atoms with Gasteiger partial charge in [0, 0.05) is 36.3 Å². The lowest BCUT2D eigenvalue weighted by Gasteiger charge is -2.16. The van der Waals surface area contributed by atoms with Gasteiger partial charge in [0.05, 0.1) is 11.5 Å².